The van der Waals surface area contributed by atoms with Gasteiger partial charge in [-0.15, -0.1) is 10.2 Å². The Hall–Kier alpha value is -1.92. The maximum atomic E-state index is 12.7. The lowest BCUT2D eigenvalue weighted by Crippen LogP contribution is -2.51. The van der Waals surface area contributed by atoms with E-state index in [9.17, 15) is 9.59 Å². The second-order valence-corrected chi connectivity index (χ2v) is 6.96. The summed E-state index contributed by atoms with van der Waals surface area (Å²) in [6, 6.07) is -0.458. The van der Waals surface area contributed by atoms with Crippen molar-refractivity contribution < 1.29 is 9.59 Å². The molecular weight excluding hydrogens is 306 g/mol. The number of nitrogens with one attached hydrogen (secondary N) is 1. The molecule has 132 valence electrons. The molecule has 1 saturated heterocycles. The second-order valence-electron chi connectivity index (χ2n) is 6.96. The number of amides is 2. The van der Waals surface area contributed by atoms with Crippen molar-refractivity contribution in [3.63, 3.8) is 0 Å². The van der Waals surface area contributed by atoms with Crippen molar-refractivity contribution in [1.82, 2.24) is 25.0 Å². The van der Waals surface area contributed by atoms with Gasteiger partial charge in [0, 0.05) is 31.5 Å². The van der Waals surface area contributed by atoms with E-state index in [0.717, 1.165) is 51.0 Å². The number of rotatable bonds is 5. The number of hydrogen-bond donors (Lipinski definition) is 1. The van der Waals surface area contributed by atoms with Crippen LogP contribution in [0.2, 0.25) is 0 Å². The zero-order valence-electron chi connectivity index (χ0n) is 14.6. The molecule has 1 aromatic rings. The molecule has 24 heavy (non-hydrogen) atoms. The predicted molar refractivity (Wildman–Crippen MR) is 89.2 cm³/mol. The molecule has 2 heterocycles. The van der Waals surface area contributed by atoms with Crippen molar-refractivity contribution in [2.24, 2.45) is 5.92 Å². The molecule has 2 atom stereocenters. The van der Waals surface area contributed by atoms with E-state index in [0.29, 0.717) is 6.54 Å². The number of carbonyl (C=O) groups is 2. The van der Waals surface area contributed by atoms with Crippen LogP contribution in [-0.4, -0.2) is 50.6 Å². The first-order valence-electron chi connectivity index (χ1n) is 9.07. The fraction of sp³-hybridized carbons (Fsp3) is 0.765. The van der Waals surface area contributed by atoms with Crippen molar-refractivity contribution in [2.75, 3.05) is 13.1 Å². The fourth-order valence-corrected chi connectivity index (χ4v) is 3.55. The topological polar surface area (TPSA) is 80.1 Å². The zero-order valence-corrected chi connectivity index (χ0v) is 14.6. The Morgan fingerprint density at radius 1 is 1.33 bits per heavy atom. The van der Waals surface area contributed by atoms with E-state index in [2.05, 4.69) is 22.4 Å². The number of hydrogen-bond acceptors (Lipinski definition) is 4. The highest BCUT2D eigenvalue weighted by molar-refractivity contribution is 5.88. The van der Waals surface area contributed by atoms with Crippen LogP contribution in [0.1, 0.15) is 57.7 Å². The minimum atomic E-state index is -0.458. The van der Waals surface area contributed by atoms with Crippen LogP contribution in [0.15, 0.2) is 6.33 Å². The van der Waals surface area contributed by atoms with E-state index >= 15 is 0 Å². The molecule has 0 radical (unpaired) electrons. The minimum absolute atomic E-state index is 0.00920. The zero-order chi connectivity index (χ0) is 17.1. The number of piperidine rings is 1. The summed E-state index contributed by atoms with van der Waals surface area (Å²) in [5, 5.41) is 11.1. The van der Waals surface area contributed by atoms with Crippen LogP contribution >= 0.6 is 0 Å². The predicted octanol–water partition coefficient (Wildman–Crippen LogP) is 1.31. The Labute approximate surface area is 142 Å². The average molecular weight is 333 g/mol. The Morgan fingerprint density at radius 2 is 2.12 bits per heavy atom. The molecule has 0 aromatic carbocycles. The Morgan fingerprint density at radius 3 is 2.79 bits per heavy atom. The Kier molecular flexibility index (Phi) is 5.16. The minimum Gasteiger partial charge on any atom is -0.344 e. The summed E-state index contributed by atoms with van der Waals surface area (Å²) < 4.78 is 2.04. The molecule has 7 heteroatoms. The van der Waals surface area contributed by atoms with Gasteiger partial charge in [0.15, 0.2) is 0 Å². The second kappa shape index (κ2) is 7.32. The first kappa shape index (κ1) is 16.9. The SMILES string of the molecule is CCn1cnnc1C1CCCN(C(=O)C(C)NC(=O)C2CCC2)C1. The van der Waals surface area contributed by atoms with Crippen molar-refractivity contribution in [3.05, 3.63) is 12.2 Å². The summed E-state index contributed by atoms with van der Waals surface area (Å²) in [6.07, 6.45) is 6.74. The van der Waals surface area contributed by atoms with Gasteiger partial charge in [-0.25, -0.2) is 0 Å². The molecule has 2 amide bonds. The Balaban J connectivity index is 1.59. The van der Waals surface area contributed by atoms with E-state index in [1.54, 1.807) is 13.3 Å². The van der Waals surface area contributed by atoms with Crippen molar-refractivity contribution in [1.29, 1.82) is 0 Å². The van der Waals surface area contributed by atoms with E-state index in [4.69, 9.17) is 0 Å². The van der Waals surface area contributed by atoms with Gasteiger partial charge in [0.05, 0.1) is 0 Å². The molecule has 2 fully saturated rings. The van der Waals surface area contributed by atoms with Gasteiger partial charge in [-0.05, 0) is 39.5 Å². The number of aromatic nitrogens is 3. The highest BCUT2D eigenvalue weighted by Crippen LogP contribution is 2.27. The molecule has 2 unspecified atom stereocenters. The van der Waals surface area contributed by atoms with E-state index in [1.165, 1.54) is 0 Å². The number of nitrogens with zero attached hydrogens (tertiary/aromatic N) is 4. The molecule has 1 aliphatic heterocycles. The normalized spacial score (nSPS) is 22.8. The lowest BCUT2D eigenvalue weighted by Gasteiger charge is -2.34. The molecule has 1 saturated carbocycles. The molecule has 0 spiro atoms. The molecule has 1 aliphatic carbocycles. The summed E-state index contributed by atoms with van der Waals surface area (Å²) in [7, 11) is 0. The van der Waals surface area contributed by atoms with Crippen LogP contribution in [0.3, 0.4) is 0 Å². The molecule has 1 N–H and O–H groups in total. The van der Waals surface area contributed by atoms with Crippen molar-refractivity contribution in [3.8, 4) is 0 Å². The van der Waals surface area contributed by atoms with Crippen LogP contribution in [-0.2, 0) is 16.1 Å². The van der Waals surface area contributed by atoms with Crippen LogP contribution < -0.4 is 5.32 Å². The van der Waals surface area contributed by atoms with Crippen LogP contribution in [0.25, 0.3) is 0 Å². The van der Waals surface area contributed by atoms with Gasteiger partial charge in [0.1, 0.15) is 18.2 Å². The van der Waals surface area contributed by atoms with Gasteiger partial charge in [-0.1, -0.05) is 6.42 Å². The van der Waals surface area contributed by atoms with E-state index < -0.39 is 6.04 Å². The van der Waals surface area contributed by atoms with Gasteiger partial charge < -0.3 is 14.8 Å². The number of aryl methyl sites for hydroxylation is 1. The monoisotopic (exact) mass is 333 g/mol. The summed E-state index contributed by atoms with van der Waals surface area (Å²) in [6.45, 7) is 6.09. The van der Waals surface area contributed by atoms with Gasteiger partial charge in [0.2, 0.25) is 11.8 Å². The fourth-order valence-electron chi connectivity index (χ4n) is 3.55. The lowest BCUT2D eigenvalue weighted by molar-refractivity contribution is -0.138. The average Bonchev–Trinajstić information content (AvgIpc) is 3.01. The molecule has 1 aromatic heterocycles. The summed E-state index contributed by atoms with van der Waals surface area (Å²) in [4.78, 5) is 26.6. The number of carbonyl (C=O) groups excluding carboxylic acids is 2. The Bertz CT molecular complexity index is 596. The molecule has 7 nitrogen and oxygen atoms in total. The quantitative estimate of drug-likeness (QED) is 0.881. The third kappa shape index (κ3) is 3.44. The lowest BCUT2D eigenvalue weighted by atomic mass is 9.84. The maximum absolute atomic E-state index is 12.7. The summed E-state index contributed by atoms with van der Waals surface area (Å²) in [5.74, 6) is 1.33. The first-order valence-corrected chi connectivity index (χ1v) is 9.07. The van der Waals surface area contributed by atoms with E-state index in [1.807, 2.05) is 9.47 Å². The highest BCUT2D eigenvalue weighted by atomic mass is 16.2. The number of likely N-dealkylation sites (tertiary alicyclic amines) is 1. The van der Waals surface area contributed by atoms with Gasteiger partial charge >= 0.3 is 0 Å². The maximum Gasteiger partial charge on any atom is 0.244 e. The first-order chi connectivity index (χ1) is 11.6. The van der Waals surface area contributed by atoms with Crippen molar-refractivity contribution >= 4 is 11.8 Å². The van der Waals surface area contributed by atoms with Gasteiger partial charge in [0.25, 0.3) is 0 Å². The summed E-state index contributed by atoms with van der Waals surface area (Å²) in [5.41, 5.74) is 0. The molecule has 3 rings (SSSR count). The molecular formula is C17H27N5O2. The van der Waals surface area contributed by atoms with E-state index in [-0.39, 0.29) is 23.7 Å². The van der Waals surface area contributed by atoms with Gasteiger partial charge in [-0.3, -0.25) is 9.59 Å². The van der Waals surface area contributed by atoms with Crippen LogP contribution in [0, 0.1) is 5.92 Å². The third-order valence-corrected chi connectivity index (χ3v) is 5.29. The molecule has 2 aliphatic rings. The summed E-state index contributed by atoms with van der Waals surface area (Å²) >= 11 is 0. The standard InChI is InChI=1S/C17H27N5O2/c1-3-21-11-18-20-15(21)14-8-5-9-22(10-14)17(24)12(2)19-16(23)13-6-4-7-13/h11-14H,3-10H2,1-2H3,(H,19,23). The smallest absolute Gasteiger partial charge is 0.244 e. The van der Waals surface area contributed by atoms with Crippen LogP contribution in [0.5, 0.6) is 0 Å². The van der Waals surface area contributed by atoms with Crippen LogP contribution in [0.4, 0.5) is 0 Å². The molecule has 0 bridgehead atoms. The largest absolute Gasteiger partial charge is 0.344 e. The van der Waals surface area contributed by atoms with Gasteiger partial charge in [-0.2, -0.15) is 0 Å². The highest BCUT2D eigenvalue weighted by Gasteiger charge is 2.32. The van der Waals surface area contributed by atoms with Crippen molar-refractivity contribution in [2.45, 2.75) is 64.5 Å². The third-order valence-electron chi connectivity index (χ3n) is 5.29.